The molecule has 0 aliphatic rings. The zero-order valence-electron chi connectivity index (χ0n) is 12.0. The molecule has 0 amide bonds. The van der Waals surface area contributed by atoms with E-state index in [-0.39, 0.29) is 23.4 Å². The zero-order valence-corrected chi connectivity index (χ0v) is 12.0. The number of nitrogens with two attached hydrogens (primary N) is 2. The van der Waals surface area contributed by atoms with Crippen LogP contribution >= 0.6 is 0 Å². The van der Waals surface area contributed by atoms with E-state index in [9.17, 15) is 5.26 Å². The monoisotopic (exact) mass is 283 g/mol. The fourth-order valence-corrected chi connectivity index (χ4v) is 1.85. The van der Waals surface area contributed by atoms with Crippen molar-refractivity contribution in [1.29, 1.82) is 5.26 Å². The van der Waals surface area contributed by atoms with Crippen LogP contribution in [0.15, 0.2) is 24.3 Å². The standard InChI is InChI=1S/C15H17N5O/c1-3-9(2)21-11-6-4-5-10(7-11)13-12(8-16)14(17)20-15(18)19-13/h4-7,9H,3H2,1-2H3,(H4,17,18,19,20). The molecule has 0 saturated heterocycles. The number of ether oxygens (including phenoxy) is 1. The zero-order chi connectivity index (χ0) is 15.4. The van der Waals surface area contributed by atoms with Gasteiger partial charge in [0.25, 0.3) is 0 Å². The summed E-state index contributed by atoms with van der Waals surface area (Å²) in [6, 6.07) is 9.35. The fraction of sp³-hybridized carbons (Fsp3) is 0.267. The van der Waals surface area contributed by atoms with Gasteiger partial charge >= 0.3 is 0 Å². The van der Waals surface area contributed by atoms with Crippen molar-refractivity contribution in [1.82, 2.24) is 9.97 Å². The number of aromatic nitrogens is 2. The molecule has 2 aromatic rings. The maximum Gasteiger partial charge on any atom is 0.222 e. The minimum Gasteiger partial charge on any atom is -0.491 e. The first-order valence-corrected chi connectivity index (χ1v) is 6.65. The molecule has 0 aliphatic carbocycles. The predicted octanol–water partition coefficient (Wildman–Crippen LogP) is 2.36. The number of hydrogen-bond acceptors (Lipinski definition) is 6. The Kier molecular flexibility index (Phi) is 4.24. The first-order valence-electron chi connectivity index (χ1n) is 6.65. The number of rotatable bonds is 4. The van der Waals surface area contributed by atoms with Crippen molar-refractivity contribution in [2.24, 2.45) is 0 Å². The molecule has 0 radical (unpaired) electrons. The van der Waals surface area contributed by atoms with Gasteiger partial charge in [-0.1, -0.05) is 19.1 Å². The lowest BCUT2D eigenvalue weighted by molar-refractivity contribution is 0.217. The number of nitrogen functional groups attached to an aromatic ring is 2. The van der Waals surface area contributed by atoms with Gasteiger partial charge < -0.3 is 16.2 Å². The summed E-state index contributed by atoms with van der Waals surface area (Å²) in [6.45, 7) is 4.04. The second-order valence-electron chi connectivity index (χ2n) is 4.67. The molecule has 0 bridgehead atoms. The van der Waals surface area contributed by atoms with Gasteiger partial charge in [-0.2, -0.15) is 10.2 Å². The minimum atomic E-state index is 0.0368. The summed E-state index contributed by atoms with van der Waals surface area (Å²) in [5.41, 5.74) is 12.7. The van der Waals surface area contributed by atoms with Gasteiger partial charge in [0.15, 0.2) is 0 Å². The van der Waals surface area contributed by atoms with Crippen LogP contribution in [0.25, 0.3) is 11.3 Å². The largest absolute Gasteiger partial charge is 0.491 e. The lowest BCUT2D eigenvalue weighted by Gasteiger charge is -2.13. The number of nitrogens with zero attached hydrogens (tertiary/aromatic N) is 3. The summed E-state index contributed by atoms with van der Waals surface area (Å²) >= 11 is 0. The third-order valence-corrected chi connectivity index (χ3v) is 3.09. The van der Waals surface area contributed by atoms with Crippen molar-refractivity contribution in [3.63, 3.8) is 0 Å². The van der Waals surface area contributed by atoms with Crippen LogP contribution in [-0.2, 0) is 0 Å². The minimum absolute atomic E-state index is 0.0368. The quantitative estimate of drug-likeness (QED) is 0.891. The highest BCUT2D eigenvalue weighted by molar-refractivity contribution is 5.73. The van der Waals surface area contributed by atoms with Gasteiger partial charge in [0.2, 0.25) is 5.95 Å². The Hall–Kier alpha value is -2.81. The Morgan fingerprint density at radius 1 is 1.33 bits per heavy atom. The summed E-state index contributed by atoms with van der Waals surface area (Å²) in [5.74, 6) is 0.824. The molecule has 1 atom stereocenters. The molecule has 1 heterocycles. The maximum absolute atomic E-state index is 9.22. The van der Waals surface area contributed by atoms with Crippen molar-refractivity contribution in [3.05, 3.63) is 29.8 Å². The molecular weight excluding hydrogens is 266 g/mol. The van der Waals surface area contributed by atoms with Gasteiger partial charge in [-0.15, -0.1) is 0 Å². The maximum atomic E-state index is 9.22. The van der Waals surface area contributed by atoms with E-state index in [1.165, 1.54) is 0 Å². The fourth-order valence-electron chi connectivity index (χ4n) is 1.85. The average molecular weight is 283 g/mol. The Balaban J connectivity index is 2.48. The normalized spacial score (nSPS) is 11.7. The molecule has 108 valence electrons. The van der Waals surface area contributed by atoms with Crippen molar-refractivity contribution in [2.45, 2.75) is 26.4 Å². The van der Waals surface area contributed by atoms with Crippen LogP contribution < -0.4 is 16.2 Å². The SMILES string of the molecule is CCC(C)Oc1cccc(-c2nc(N)nc(N)c2C#N)c1. The highest BCUT2D eigenvalue weighted by Gasteiger charge is 2.14. The number of nitriles is 1. The summed E-state index contributed by atoms with van der Waals surface area (Å²) in [7, 11) is 0. The summed E-state index contributed by atoms with van der Waals surface area (Å²) < 4.78 is 5.77. The lowest BCUT2D eigenvalue weighted by atomic mass is 10.1. The molecule has 4 N–H and O–H groups in total. The van der Waals surface area contributed by atoms with Crippen molar-refractivity contribution < 1.29 is 4.74 Å². The molecule has 0 fully saturated rings. The molecule has 0 spiro atoms. The van der Waals surface area contributed by atoms with Gasteiger partial charge in [0, 0.05) is 5.56 Å². The summed E-state index contributed by atoms with van der Waals surface area (Å²) in [5, 5.41) is 9.22. The molecular formula is C15H17N5O. The smallest absolute Gasteiger partial charge is 0.222 e. The molecule has 1 aromatic heterocycles. The first kappa shape index (κ1) is 14.6. The van der Waals surface area contributed by atoms with E-state index in [2.05, 4.69) is 9.97 Å². The second-order valence-corrected chi connectivity index (χ2v) is 4.67. The topological polar surface area (TPSA) is 111 Å². The molecule has 0 aliphatic heterocycles. The Morgan fingerprint density at radius 3 is 2.76 bits per heavy atom. The number of hydrogen-bond donors (Lipinski definition) is 2. The molecule has 2 rings (SSSR count). The van der Waals surface area contributed by atoms with E-state index in [0.717, 1.165) is 6.42 Å². The predicted molar refractivity (Wildman–Crippen MR) is 81.4 cm³/mol. The molecule has 6 heteroatoms. The van der Waals surface area contributed by atoms with Gasteiger partial charge in [-0.05, 0) is 25.5 Å². The van der Waals surface area contributed by atoms with Crippen LogP contribution in [0.1, 0.15) is 25.8 Å². The third kappa shape index (κ3) is 3.20. The van der Waals surface area contributed by atoms with Crippen molar-refractivity contribution in [2.75, 3.05) is 11.5 Å². The van der Waals surface area contributed by atoms with E-state index in [1.807, 2.05) is 44.2 Å². The Morgan fingerprint density at radius 2 is 2.10 bits per heavy atom. The first-order chi connectivity index (χ1) is 10.0. The van der Waals surface area contributed by atoms with E-state index in [1.54, 1.807) is 0 Å². The van der Waals surface area contributed by atoms with Crippen molar-refractivity contribution >= 4 is 11.8 Å². The lowest BCUT2D eigenvalue weighted by Crippen LogP contribution is -2.09. The molecule has 1 aromatic carbocycles. The number of benzene rings is 1. The highest BCUT2D eigenvalue weighted by atomic mass is 16.5. The van der Waals surface area contributed by atoms with Crippen LogP contribution in [0, 0.1) is 11.3 Å². The van der Waals surface area contributed by atoms with Crippen LogP contribution in [0.4, 0.5) is 11.8 Å². The van der Waals surface area contributed by atoms with Gasteiger partial charge in [0.05, 0.1) is 11.8 Å². The van der Waals surface area contributed by atoms with Gasteiger partial charge in [-0.3, -0.25) is 0 Å². The van der Waals surface area contributed by atoms with E-state index in [4.69, 9.17) is 16.2 Å². The van der Waals surface area contributed by atoms with E-state index >= 15 is 0 Å². The Labute approximate surface area is 123 Å². The van der Waals surface area contributed by atoms with Gasteiger partial charge in [-0.25, -0.2) is 4.98 Å². The van der Waals surface area contributed by atoms with Gasteiger partial charge in [0.1, 0.15) is 23.2 Å². The summed E-state index contributed by atoms with van der Waals surface area (Å²) in [4.78, 5) is 7.93. The highest BCUT2D eigenvalue weighted by Crippen LogP contribution is 2.28. The van der Waals surface area contributed by atoms with Crippen LogP contribution in [-0.4, -0.2) is 16.1 Å². The van der Waals surface area contributed by atoms with Crippen LogP contribution in [0.5, 0.6) is 5.75 Å². The van der Waals surface area contributed by atoms with Crippen molar-refractivity contribution in [3.8, 4) is 23.1 Å². The molecule has 6 nitrogen and oxygen atoms in total. The third-order valence-electron chi connectivity index (χ3n) is 3.09. The summed E-state index contributed by atoms with van der Waals surface area (Å²) in [6.07, 6.45) is 1.01. The van der Waals surface area contributed by atoms with E-state index < -0.39 is 0 Å². The number of anilines is 2. The van der Waals surface area contributed by atoms with Crippen LogP contribution in [0.2, 0.25) is 0 Å². The molecule has 0 saturated carbocycles. The second kappa shape index (κ2) is 6.09. The van der Waals surface area contributed by atoms with E-state index in [0.29, 0.717) is 17.0 Å². The Bertz CT molecular complexity index is 693. The van der Waals surface area contributed by atoms with Crippen LogP contribution in [0.3, 0.4) is 0 Å². The average Bonchev–Trinajstić information content (AvgIpc) is 2.46. The molecule has 1 unspecified atom stereocenters. The molecule has 21 heavy (non-hydrogen) atoms.